The summed E-state index contributed by atoms with van der Waals surface area (Å²) in [6.45, 7) is 5.76. The normalized spacial score (nSPS) is 17.3. The number of hydrogen-bond donors (Lipinski definition) is 5. The fraction of sp³-hybridized carbons (Fsp3) is 0.667. The summed E-state index contributed by atoms with van der Waals surface area (Å²) in [7, 11) is 1.29. The Bertz CT molecular complexity index is 1120. The van der Waals surface area contributed by atoms with E-state index >= 15 is 0 Å². The maximum Gasteiger partial charge on any atom is 0.328 e. The third kappa shape index (κ3) is 11.4. The molecule has 14 heteroatoms. The molecule has 3 amide bonds. The summed E-state index contributed by atoms with van der Waals surface area (Å²) in [4.78, 5) is 79.3. The van der Waals surface area contributed by atoms with Crippen molar-refractivity contribution in [2.75, 3.05) is 46.4 Å². The van der Waals surface area contributed by atoms with E-state index in [2.05, 4.69) is 16.0 Å². The minimum atomic E-state index is -0.812. The van der Waals surface area contributed by atoms with Crippen LogP contribution >= 0.6 is 0 Å². The van der Waals surface area contributed by atoms with Crippen LogP contribution in [0.15, 0.2) is 23.5 Å². The van der Waals surface area contributed by atoms with Gasteiger partial charge in [0.15, 0.2) is 11.6 Å². The van der Waals surface area contributed by atoms with Gasteiger partial charge in [-0.2, -0.15) is 0 Å². The summed E-state index contributed by atoms with van der Waals surface area (Å²) in [6.07, 6.45) is 6.34. The molecule has 44 heavy (non-hydrogen) atoms. The van der Waals surface area contributed by atoms with Gasteiger partial charge in [-0.3, -0.25) is 24.0 Å². The first-order valence-corrected chi connectivity index (χ1v) is 15.2. The molecule has 0 fully saturated rings. The van der Waals surface area contributed by atoms with E-state index in [9.17, 15) is 28.8 Å². The van der Waals surface area contributed by atoms with Gasteiger partial charge in [0.05, 0.1) is 33.3 Å². The van der Waals surface area contributed by atoms with E-state index in [4.69, 9.17) is 16.2 Å². The lowest BCUT2D eigenvalue weighted by Gasteiger charge is -2.36. The first-order chi connectivity index (χ1) is 20.9. The van der Waals surface area contributed by atoms with Crippen LogP contribution in [-0.2, 0) is 33.5 Å². The first kappa shape index (κ1) is 36.4. The highest BCUT2D eigenvalue weighted by Crippen LogP contribution is 2.17. The van der Waals surface area contributed by atoms with E-state index in [0.717, 1.165) is 6.42 Å². The molecule has 246 valence electrons. The van der Waals surface area contributed by atoms with Crippen LogP contribution in [0.25, 0.3) is 0 Å². The third-order valence-electron chi connectivity index (χ3n) is 7.40. The Labute approximate surface area is 259 Å². The van der Waals surface area contributed by atoms with Gasteiger partial charge in [-0.05, 0) is 57.5 Å². The van der Waals surface area contributed by atoms with Crippen molar-refractivity contribution in [3.8, 4) is 0 Å². The number of unbranched alkanes of at least 4 members (excludes halogenated alkanes) is 2. The largest absolute Gasteiger partial charge is 0.467 e. The molecule has 0 aromatic rings. The number of nitrogens with one attached hydrogen (secondary N) is 3. The monoisotopic (exact) mass is 619 g/mol. The lowest BCUT2D eigenvalue weighted by Crippen LogP contribution is -2.56. The second kappa shape index (κ2) is 18.1. The molecule has 0 saturated heterocycles. The van der Waals surface area contributed by atoms with Gasteiger partial charge in [0, 0.05) is 30.5 Å². The van der Waals surface area contributed by atoms with Crippen molar-refractivity contribution in [2.24, 2.45) is 17.4 Å². The fourth-order valence-electron chi connectivity index (χ4n) is 5.19. The summed E-state index contributed by atoms with van der Waals surface area (Å²) in [5, 5.41) is 8.89. The molecule has 14 nitrogen and oxygen atoms in total. The second-order valence-electron chi connectivity index (χ2n) is 11.6. The van der Waals surface area contributed by atoms with E-state index in [1.807, 2.05) is 13.8 Å². The highest BCUT2D eigenvalue weighted by molar-refractivity contribution is 5.98. The molecule has 0 aromatic carbocycles. The molecule has 2 heterocycles. The summed E-state index contributed by atoms with van der Waals surface area (Å²) in [5.74, 6) is -2.46. The van der Waals surface area contributed by atoms with Crippen molar-refractivity contribution in [3.63, 3.8) is 0 Å². The highest BCUT2D eigenvalue weighted by Gasteiger charge is 2.34. The number of ketones is 2. The Morgan fingerprint density at radius 2 is 1.30 bits per heavy atom. The van der Waals surface area contributed by atoms with Crippen LogP contribution in [0.5, 0.6) is 0 Å². The highest BCUT2D eigenvalue weighted by atomic mass is 16.5. The Hall–Kier alpha value is -3.78. The first-order valence-electron chi connectivity index (χ1n) is 15.2. The number of ether oxygens (including phenoxy) is 1. The smallest absolute Gasteiger partial charge is 0.328 e. The molecule has 0 aromatic heterocycles. The molecule has 0 radical (unpaired) electrons. The molecular formula is C30H49N7O7. The van der Waals surface area contributed by atoms with Gasteiger partial charge in [0.2, 0.25) is 17.7 Å². The average molecular weight is 620 g/mol. The Morgan fingerprint density at radius 1 is 0.795 bits per heavy atom. The Kier molecular flexibility index (Phi) is 15.0. The molecule has 7 N–H and O–H groups in total. The zero-order valence-corrected chi connectivity index (χ0v) is 26.4. The van der Waals surface area contributed by atoms with E-state index in [0.29, 0.717) is 56.6 Å². The van der Waals surface area contributed by atoms with Crippen molar-refractivity contribution in [2.45, 2.75) is 77.4 Å². The number of nitrogens with two attached hydrogens (primary N) is 2. The quantitative estimate of drug-likeness (QED) is 0.0994. The summed E-state index contributed by atoms with van der Waals surface area (Å²) >= 11 is 0. The van der Waals surface area contributed by atoms with Gasteiger partial charge >= 0.3 is 5.97 Å². The molecule has 0 saturated carbocycles. The molecule has 2 aliphatic heterocycles. The standard InChI is InChI=1S/C30H49N7O7/c1-19(2)27(29(42)37-15-21(13-23(39)18-37)34-26(30(43)44-4)10-6-8-12-32)35-22-14-24(40)17-36(16-22)28(41)25(33-20(3)38)9-5-7-11-31/h13-14,19,25-27,34-35H,5-12,15-18,31-32H2,1-4H3,(H,33,38)/t25-,26-,27-/m0/s1. The van der Waals surface area contributed by atoms with E-state index < -0.39 is 24.1 Å². The average Bonchev–Trinajstić information content (AvgIpc) is 2.97. The van der Waals surface area contributed by atoms with Gasteiger partial charge in [0.25, 0.3) is 0 Å². The van der Waals surface area contributed by atoms with Gasteiger partial charge in [0.1, 0.15) is 18.1 Å². The molecule has 3 atom stereocenters. The Morgan fingerprint density at radius 3 is 1.77 bits per heavy atom. The van der Waals surface area contributed by atoms with E-state index in [-0.39, 0.29) is 61.4 Å². The minimum Gasteiger partial charge on any atom is -0.467 e. The summed E-state index contributed by atoms with van der Waals surface area (Å²) in [6, 6.07) is -2.30. The van der Waals surface area contributed by atoms with Gasteiger partial charge in [-0.25, -0.2) is 4.79 Å². The van der Waals surface area contributed by atoms with Crippen molar-refractivity contribution in [3.05, 3.63) is 23.5 Å². The number of methoxy groups -OCH3 is 1. The lowest BCUT2D eigenvalue weighted by atomic mass is 10.00. The third-order valence-corrected chi connectivity index (χ3v) is 7.40. The predicted octanol–water partition coefficient (Wildman–Crippen LogP) is -0.915. The summed E-state index contributed by atoms with van der Waals surface area (Å²) < 4.78 is 4.91. The maximum absolute atomic E-state index is 13.8. The van der Waals surface area contributed by atoms with Crippen LogP contribution in [0.3, 0.4) is 0 Å². The molecule has 0 unspecified atom stereocenters. The molecule has 2 aliphatic rings. The fourth-order valence-corrected chi connectivity index (χ4v) is 5.19. The predicted molar refractivity (Wildman–Crippen MR) is 163 cm³/mol. The molecule has 0 aliphatic carbocycles. The molecule has 2 rings (SSSR count). The number of amides is 3. The summed E-state index contributed by atoms with van der Waals surface area (Å²) in [5.41, 5.74) is 12.0. The number of nitrogens with zero attached hydrogens (tertiary/aromatic N) is 2. The van der Waals surface area contributed by atoms with Crippen molar-refractivity contribution < 1.29 is 33.5 Å². The van der Waals surface area contributed by atoms with Crippen molar-refractivity contribution in [1.29, 1.82) is 0 Å². The number of carbonyl (C=O) groups excluding carboxylic acids is 6. The van der Waals surface area contributed by atoms with Crippen molar-refractivity contribution in [1.82, 2.24) is 25.8 Å². The minimum absolute atomic E-state index is 0.0449. The number of hydrogen-bond acceptors (Lipinski definition) is 11. The van der Waals surface area contributed by atoms with Crippen LogP contribution in [0.1, 0.15) is 59.3 Å². The van der Waals surface area contributed by atoms with Gasteiger partial charge < -0.3 is 42.0 Å². The van der Waals surface area contributed by atoms with Crippen LogP contribution in [0, 0.1) is 5.92 Å². The zero-order valence-electron chi connectivity index (χ0n) is 26.4. The number of rotatable bonds is 17. The SMILES string of the molecule is COC(=O)[C@H](CCCCN)NC1=CC(=O)CN(C(=O)[C@@H](NC2=CC(=O)CN(C(=O)[C@H](CCCCN)NC(C)=O)C2)C(C)C)C1. The number of esters is 1. The Balaban J connectivity index is 2.16. The van der Waals surface area contributed by atoms with E-state index in [1.165, 1.54) is 36.0 Å². The topological polar surface area (TPSA) is 206 Å². The van der Waals surface area contributed by atoms with Crippen LogP contribution < -0.4 is 27.4 Å². The lowest BCUT2D eigenvalue weighted by molar-refractivity contribution is -0.143. The maximum atomic E-state index is 13.8. The van der Waals surface area contributed by atoms with E-state index in [1.54, 1.807) is 0 Å². The zero-order chi connectivity index (χ0) is 32.8. The van der Waals surface area contributed by atoms with Crippen LogP contribution in [-0.4, -0.2) is 110 Å². The van der Waals surface area contributed by atoms with Gasteiger partial charge in [-0.15, -0.1) is 0 Å². The van der Waals surface area contributed by atoms with Crippen LogP contribution in [0.2, 0.25) is 0 Å². The number of carbonyl (C=O) groups is 6. The van der Waals surface area contributed by atoms with Crippen molar-refractivity contribution >= 4 is 35.3 Å². The molecule has 0 spiro atoms. The molecular weight excluding hydrogens is 570 g/mol. The van der Waals surface area contributed by atoms with Crippen LogP contribution in [0.4, 0.5) is 0 Å². The van der Waals surface area contributed by atoms with Gasteiger partial charge in [-0.1, -0.05) is 13.8 Å². The second-order valence-corrected chi connectivity index (χ2v) is 11.6. The molecule has 0 bridgehead atoms.